The molecule has 1 aromatic heterocycles. The van der Waals surface area contributed by atoms with Gasteiger partial charge in [-0.15, -0.1) is 5.10 Å². The number of carbonyl (C=O) groups is 2. The van der Waals surface area contributed by atoms with Crippen molar-refractivity contribution in [2.75, 3.05) is 13.1 Å². The van der Waals surface area contributed by atoms with Crippen LogP contribution >= 0.6 is 0 Å². The van der Waals surface area contributed by atoms with Gasteiger partial charge in [-0.3, -0.25) is 19.7 Å². The second-order valence-electron chi connectivity index (χ2n) is 6.90. The van der Waals surface area contributed by atoms with E-state index >= 15 is 0 Å². The second kappa shape index (κ2) is 8.15. The van der Waals surface area contributed by atoms with Crippen molar-refractivity contribution in [1.82, 2.24) is 19.9 Å². The Kier molecular flexibility index (Phi) is 5.67. The van der Waals surface area contributed by atoms with Crippen LogP contribution in [0, 0.1) is 23.0 Å². The highest BCUT2D eigenvalue weighted by molar-refractivity contribution is 5.93. The highest BCUT2D eigenvalue weighted by atomic mass is 16.6. The molecular formula is C18H21N5O5. The molecule has 1 saturated heterocycles. The second-order valence-corrected chi connectivity index (χ2v) is 6.90. The molecule has 0 bridgehead atoms. The van der Waals surface area contributed by atoms with Gasteiger partial charge in [0.15, 0.2) is 5.69 Å². The first-order valence-corrected chi connectivity index (χ1v) is 9.05. The van der Waals surface area contributed by atoms with Gasteiger partial charge in [0.1, 0.15) is 0 Å². The molecular weight excluding hydrogens is 366 g/mol. The van der Waals surface area contributed by atoms with Crippen LogP contribution in [0.2, 0.25) is 0 Å². The Morgan fingerprint density at radius 1 is 1.39 bits per heavy atom. The molecule has 0 spiro atoms. The predicted octanol–water partition coefficient (Wildman–Crippen LogP) is 2.20. The van der Waals surface area contributed by atoms with E-state index < -0.39 is 10.9 Å². The molecule has 1 amide bonds. The number of piperidine rings is 1. The first-order valence-electron chi connectivity index (χ1n) is 9.05. The lowest BCUT2D eigenvalue weighted by atomic mass is 9.93. The fourth-order valence-corrected chi connectivity index (χ4v) is 3.47. The van der Waals surface area contributed by atoms with E-state index in [1.165, 1.54) is 16.8 Å². The SMILES string of the molecule is Cc1c(C(=O)N2CCCC(CCC(=O)O)C2)nnn1-c1cccc([N+](=O)[O-])c1. The van der Waals surface area contributed by atoms with Crippen LogP contribution in [-0.2, 0) is 4.79 Å². The molecule has 0 aliphatic carbocycles. The maximum Gasteiger partial charge on any atom is 0.303 e. The monoisotopic (exact) mass is 387 g/mol. The summed E-state index contributed by atoms with van der Waals surface area (Å²) in [6, 6.07) is 5.96. The van der Waals surface area contributed by atoms with Gasteiger partial charge in [-0.1, -0.05) is 11.3 Å². The summed E-state index contributed by atoms with van der Waals surface area (Å²) in [5, 5.41) is 27.8. The lowest BCUT2D eigenvalue weighted by molar-refractivity contribution is -0.384. The van der Waals surface area contributed by atoms with Crippen LogP contribution in [0.15, 0.2) is 24.3 Å². The van der Waals surface area contributed by atoms with Crippen LogP contribution in [0.25, 0.3) is 5.69 Å². The highest BCUT2D eigenvalue weighted by Crippen LogP contribution is 2.24. The van der Waals surface area contributed by atoms with Crippen molar-refractivity contribution >= 4 is 17.6 Å². The minimum atomic E-state index is -0.834. The topological polar surface area (TPSA) is 131 Å². The normalized spacial score (nSPS) is 16.8. The molecule has 1 atom stereocenters. The largest absolute Gasteiger partial charge is 0.481 e. The van der Waals surface area contributed by atoms with E-state index in [0.717, 1.165) is 12.8 Å². The fourth-order valence-electron chi connectivity index (χ4n) is 3.47. The van der Waals surface area contributed by atoms with E-state index in [2.05, 4.69) is 10.3 Å². The van der Waals surface area contributed by atoms with Gasteiger partial charge in [0.25, 0.3) is 11.6 Å². The third-order valence-electron chi connectivity index (χ3n) is 4.95. The summed E-state index contributed by atoms with van der Waals surface area (Å²) in [4.78, 5) is 35.9. The number of aromatic nitrogens is 3. The van der Waals surface area contributed by atoms with Crippen molar-refractivity contribution in [3.05, 3.63) is 45.8 Å². The van der Waals surface area contributed by atoms with Gasteiger partial charge in [-0.2, -0.15) is 0 Å². The number of hydrogen-bond donors (Lipinski definition) is 1. The number of hydrogen-bond acceptors (Lipinski definition) is 6. The van der Waals surface area contributed by atoms with Crippen molar-refractivity contribution in [2.45, 2.75) is 32.6 Å². The van der Waals surface area contributed by atoms with Gasteiger partial charge < -0.3 is 10.0 Å². The molecule has 1 fully saturated rings. The Morgan fingerprint density at radius 3 is 2.89 bits per heavy atom. The van der Waals surface area contributed by atoms with Crippen molar-refractivity contribution in [1.29, 1.82) is 0 Å². The number of nitro benzene ring substituents is 1. The number of aliphatic carboxylic acids is 1. The molecule has 28 heavy (non-hydrogen) atoms. The Balaban J connectivity index is 1.77. The lowest BCUT2D eigenvalue weighted by Gasteiger charge is -2.32. The van der Waals surface area contributed by atoms with Crippen LogP contribution in [0.3, 0.4) is 0 Å². The third-order valence-corrected chi connectivity index (χ3v) is 4.95. The van der Waals surface area contributed by atoms with Crippen molar-refractivity contribution < 1.29 is 19.6 Å². The summed E-state index contributed by atoms with van der Waals surface area (Å²) >= 11 is 0. The average molecular weight is 387 g/mol. The zero-order chi connectivity index (χ0) is 20.3. The van der Waals surface area contributed by atoms with E-state index in [9.17, 15) is 19.7 Å². The number of nitrogens with zero attached hydrogens (tertiary/aromatic N) is 5. The first kappa shape index (κ1) is 19.5. The smallest absolute Gasteiger partial charge is 0.303 e. The standard InChI is InChI=1S/C18H21N5O5/c1-12-17(18(26)21-9-3-4-13(11-21)7-8-16(24)25)19-20-22(12)14-5-2-6-15(10-14)23(27)28/h2,5-6,10,13H,3-4,7-9,11H2,1H3,(H,24,25). The lowest BCUT2D eigenvalue weighted by Crippen LogP contribution is -2.40. The van der Waals surface area contributed by atoms with Gasteiger partial charge in [0.05, 0.1) is 16.3 Å². The molecule has 1 unspecified atom stereocenters. The Morgan fingerprint density at radius 2 is 2.18 bits per heavy atom. The van der Waals surface area contributed by atoms with Crippen LogP contribution < -0.4 is 0 Å². The number of amides is 1. The summed E-state index contributed by atoms with van der Waals surface area (Å²) in [5.41, 5.74) is 1.08. The zero-order valence-corrected chi connectivity index (χ0v) is 15.4. The molecule has 10 heteroatoms. The predicted molar refractivity (Wildman–Crippen MR) is 98.2 cm³/mol. The van der Waals surface area contributed by atoms with Gasteiger partial charge in [-0.05, 0) is 38.2 Å². The van der Waals surface area contributed by atoms with Gasteiger partial charge in [0.2, 0.25) is 0 Å². The number of carboxylic acid groups (broad SMARTS) is 1. The number of nitro groups is 1. The molecule has 10 nitrogen and oxygen atoms in total. The summed E-state index contributed by atoms with van der Waals surface area (Å²) in [6.07, 6.45) is 2.34. The molecule has 3 rings (SSSR count). The molecule has 1 N–H and O–H groups in total. The van der Waals surface area contributed by atoms with E-state index in [1.54, 1.807) is 24.0 Å². The quantitative estimate of drug-likeness (QED) is 0.593. The highest BCUT2D eigenvalue weighted by Gasteiger charge is 2.28. The third kappa shape index (κ3) is 4.16. The van der Waals surface area contributed by atoms with Crippen molar-refractivity contribution in [3.8, 4) is 5.69 Å². The molecule has 1 aliphatic rings. The minimum Gasteiger partial charge on any atom is -0.481 e. The number of non-ortho nitro benzene ring substituents is 1. The van der Waals surface area contributed by atoms with Gasteiger partial charge in [-0.25, -0.2) is 4.68 Å². The summed E-state index contributed by atoms with van der Waals surface area (Å²) in [5.74, 6) is -0.936. The maximum atomic E-state index is 12.9. The Bertz CT molecular complexity index is 910. The maximum absolute atomic E-state index is 12.9. The summed E-state index contributed by atoms with van der Waals surface area (Å²) < 4.78 is 1.41. The van der Waals surface area contributed by atoms with Crippen LogP contribution in [0.1, 0.15) is 41.9 Å². The van der Waals surface area contributed by atoms with E-state index in [1.807, 2.05) is 0 Å². The van der Waals surface area contributed by atoms with Gasteiger partial charge in [0, 0.05) is 31.6 Å². The summed E-state index contributed by atoms with van der Waals surface area (Å²) in [7, 11) is 0. The number of carbonyl (C=O) groups excluding carboxylic acids is 1. The van der Waals surface area contributed by atoms with E-state index in [-0.39, 0.29) is 29.6 Å². The molecule has 1 aliphatic heterocycles. The van der Waals surface area contributed by atoms with Crippen molar-refractivity contribution in [3.63, 3.8) is 0 Å². The first-order chi connectivity index (χ1) is 13.4. The average Bonchev–Trinajstić information content (AvgIpc) is 3.07. The van der Waals surface area contributed by atoms with Crippen LogP contribution in [0.5, 0.6) is 0 Å². The number of carboxylic acids is 1. The molecule has 2 heterocycles. The Hall–Kier alpha value is -3.30. The van der Waals surface area contributed by atoms with E-state index in [0.29, 0.717) is 30.9 Å². The molecule has 1 aromatic carbocycles. The number of likely N-dealkylation sites (tertiary alicyclic amines) is 1. The molecule has 0 saturated carbocycles. The van der Waals surface area contributed by atoms with Crippen molar-refractivity contribution in [2.24, 2.45) is 5.92 Å². The van der Waals surface area contributed by atoms with E-state index in [4.69, 9.17) is 5.11 Å². The minimum absolute atomic E-state index is 0.0717. The summed E-state index contributed by atoms with van der Waals surface area (Å²) in [6.45, 7) is 2.78. The van der Waals surface area contributed by atoms with Crippen LogP contribution in [-0.4, -0.2) is 54.9 Å². The fraction of sp³-hybridized carbons (Fsp3) is 0.444. The Labute approximate surface area is 160 Å². The molecule has 0 radical (unpaired) electrons. The van der Waals surface area contributed by atoms with Crippen LogP contribution in [0.4, 0.5) is 5.69 Å². The number of benzene rings is 1. The molecule has 2 aromatic rings. The van der Waals surface area contributed by atoms with Gasteiger partial charge >= 0.3 is 5.97 Å². The molecule has 148 valence electrons. The number of rotatable bonds is 6. The zero-order valence-electron chi connectivity index (χ0n) is 15.4.